The fourth-order valence-electron chi connectivity index (χ4n) is 1.97. The van der Waals surface area contributed by atoms with Crippen LogP contribution < -0.4 is 10.1 Å². The van der Waals surface area contributed by atoms with E-state index in [2.05, 4.69) is 46.9 Å². The molecule has 1 aromatic carbocycles. The third-order valence-corrected chi connectivity index (χ3v) is 3.03. The van der Waals surface area contributed by atoms with E-state index < -0.39 is 6.09 Å². The molecular formula is C16H25NO2. The number of amides is 1. The monoisotopic (exact) mass is 263 g/mol. The van der Waals surface area contributed by atoms with E-state index in [1.807, 2.05) is 18.2 Å². The van der Waals surface area contributed by atoms with Crippen LogP contribution in [0, 0.1) is 0 Å². The summed E-state index contributed by atoms with van der Waals surface area (Å²) in [6.45, 7) is 12.7. The lowest BCUT2D eigenvalue weighted by Gasteiger charge is -2.28. The minimum Gasteiger partial charge on any atom is -0.410 e. The van der Waals surface area contributed by atoms with Crippen LogP contribution in [-0.2, 0) is 10.8 Å². The van der Waals surface area contributed by atoms with Crippen molar-refractivity contribution in [3.8, 4) is 5.75 Å². The fraction of sp³-hybridized carbons (Fsp3) is 0.562. The number of hydrogen-bond donors (Lipinski definition) is 1. The highest BCUT2D eigenvalue weighted by molar-refractivity contribution is 5.71. The second-order valence-electron chi connectivity index (χ2n) is 6.82. The van der Waals surface area contributed by atoms with Crippen molar-refractivity contribution in [1.82, 2.24) is 5.32 Å². The molecule has 0 aliphatic carbocycles. The van der Waals surface area contributed by atoms with Crippen LogP contribution in [0.3, 0.4) is 0 Å². The summed E-state index contributed by atoms with van der Waals surface area (Å²) in [6, 6.07) is 6.07. The lowest BCUT2D eigenvalue weighted by atomic mass is 9.79. The second-order valence-corrected chi connectivity index (χ2v) is 6.82. The van der Waals surface area contributed by atoms with Crippen molar-refractivity contribution < 1.29 is 9.53 Å². The van der Waals surface area contributed by atoms with E-state index in [1.54, 1.807) is 7.05 Å². The molecule has 0 atom stereocenters. The lowest BCUT2D eigenvalue weighted by molar-refractivity contribution is 0.201. The largest absolute Gasteiger partial charge is 0.412 e. The van der Waals surface area contributed by atoms with Gasteiger partial charge in [-0.1, -0.05) is 59.7 Å². The highest BCUT2D eigenvalue weighted by atomic mass is 16.6. The quantitative estimate of drug-likeness (QED) is 0.831. The highest BCUT2D eigenvalue weighted by Crippen LogP contribution is 2.39. The molecule has 1 N–H and O–H groups in total. The van der Waals surface area contributed by atoms with Gasteiger partial charge in [0.25, 0.3) is 0 Å². The summed E-state index contributed by atoms with van der Waals surface area (Å²) in [5.41, 5.74) is 1.93. The first-order valence-corrected chi connectivity index (χ1v) is 6.61. The van der Waals surface area contributed by atoms with Gasteiger partial charge in [-0.05, 0) is 10.8 Å². The summed E-state index contributed by atoms with van der Waals surface area (Å²) in [4.78, 5) is 11.6. The van der Waals surface area contributed by atoms with Gasteiger partial charge in [0, 0.05) is 18.2 Å². The van der Waals surface area contributed by atoms with Crippen LogP contribution in [0.1, 0.15) is 52.7 Å². The van der Waals surface area contributed by atoms with E-state index in [4.69, 9.17) is 4.74 Å². The van der Waals surface area contributed by atoms with Gasteiger partial charge >= 0.3 is 6.09 Å². The molecule has 0 saturated heterocycles. The van der Waals surface area contributed by atoms with Crippen molar-refractivity contribution in [3.05, 3.63) is 29.3 Å². The van der Waals surface area contributed by atoms with Gasteiger partial charge in [0.1, 0.15) is 5.75 Å². The molecule has 0 aliphatic heterocycles. The van der Waals surface area contributed by atoms with Crippen LogP contribution in [0.4, 0.5) is 4.79 Å². The van der Waals surface area contributed by atoms with E-state index in [-0.39, 0.29) is 10.8 Å². The molecule has 0 heterocycles. The smallest absolute Gasteiger partial charge is 0.410 e. The number of carbonyl (C=O) groups excluding carboxylic acids is 1. The van der Waals surface area contributed by atoms with Crippen molar-refractivity contribution in [2.45, 2.75) is 52.4 Å². The fourth-order valence-corrected chi connectivity index (χ4v) is 1.97. The summed E-state index contributed by atoms with van der Waals surface area (Å²) in [5.74, 6) is 0.682. The molecule has 1 rings (SSSR count). The first-order chi connectivity index (χ1) is 8.57. The molecule has 0 aliphatic rings. The SMILES string of the molecule is CNC(=O)Oc1c(C(C)(C)C)cccc1C(C)(C)C. The number of carbonyl (C=O) groups is 1. The summed E-state index contributed by atoms with van der Waals surface area (Å²) >= 11 is 0. The average molecular weight is 263 g/mol. The molecule has 106 valence electrons. The number of benzene rings is 1. The van der Waals surface area contributed by atoms with Gasteiger partial charge < -0.3 is 10.1 Å². The number of ether oxygens (including phenoxy) is 1. The zero-order valence-electron chi connectivity index (χ0n) is 13.0. The Hall–Kier alpha value is -1.51. The molecule has 0 aromatic heterocycles. The van der Waals surface area contributed by atoms with Crippen molar-refractivity contribution in [3.63, 3.8) is 0 Å². The van der Waals surface area contributed by atoms with Gasteiger partial charge in [0.15, 0.2) is 0 Å². The molecule has 0 radical (unpaired) electrons. The third-order valence-electron chi connectivity index (χ3n) is 3.03. The van der Waals surface area contributed by atoms with E-state index in [1.165, 1.54) is 0 Å². The molecular weight excluding hydrogens is 238 g/mol. The van der Waals surface area contributed by atoms with E-state index >= 15 is 0 Å². The summed E-state index contributed by atoms with van der Waals surface area (Å²) in [5, 5.41) is 2.51. The second kappa shape index (κ2) is 5.24. The van der Waals surface area contributed by atoms with Crippen LogP contribution in [0.25, 0.3) is 0 Å². The highest BCUT2D eigenvalue weighted by Gasteiger charge is 2.27. The van der Waals surface area contributed by atoms with Crippen LogP contribution >= 0.6 is 0 Å². The van der Waals surface area contributed by atoms with Crippen molar-refractivity contribution in [2.24, 2.45) is 0 Å². The number of para-hydroxylation sites is 1. The maximum atomic E-state index is 11.6. The predicted molar refractivity (Wildman–Crippen MR) is 78.9 cm³/mol. The van der Waals surface area contributed by atoms with E-state index in [0.29, 0.717) is 5.75 Å². The summed E-state index contributed by atoms with van der Waals surface area (Å²) in [6.07, 6.45) is -0.429. The summed E-state index contributed by atoms with van der Waals surface area (Å²) in [7, 11) is 1.57. The predicted octanol–water partition coefficient (Wildman–Crippen LogP) is 4.00. The van der Waals surface area contributed by atoms with Gasteiger partial charge in [-0.2, -0.15) is 0 Å². The molecule has 0 saturated carbocycles. The zero-order chi connectivity index (χ0) is 14.8. The van der Waals surface area contributed by atoms with Gasteiger partial charge in [-0.25, -0.2) is 4.79 Å². The van der Waals surface area contributed by atoms with E-state index in [9.17, 15) is 4.79 Å². The van der Waals surface area contributed by atoms with Crippen LogP contribution in [0.15, 0.2) is 18.2 Å². The maximum absolute atomic E-state index is 11.6. The van der Waals surface area contributed by atoms with Gasteiger partial charge in [0.05, 0.1) is 0 Å². The minimum atomic E-state index is -0.429. The van der Waals surface area contributed by atoms with Crippen LogP contribution in [-0.4, -0.2) is 13.1 Å². The molecule has 0 bridgehead atoms. The number of rotatable bonds is 1. The average Bonchev–Trinajstić information content (AvgIpc) is 2.26. The van der Waals surface area contributed by atoms with Crippen molar-refractivity contribution in [1.29, 1.82) is 0 Å². The topological polar surface area (TPSA) is 38.3 Å². The Morgan fingerprint density at radius 3 is 1.74 bits per heavy atom. The third kappa shape index (κ3) is 3.72. The Labute approximate surface area is 116 Å². The normalized spacial score (nSPS) is 12.2. The number of nitrogens with one attached hydrogen (secondary N) is 1. The molecule has 3 nitrogen and oxygen atoms in total. The molecule has 0 unspecified atom stereocenters. The number of hydrogen-bond acceptors (Lipinski definition) is 2. The first-order valence-electron chi connectivity index (χ1n) is 6.61. The van der Waals surface area contributed by atoms with Gasteiger partial charge in [0.2, 0.25) is 0 Å². The van der Waals surface area contributed by atoms with Gasteiger partial charge in [-0.3, -0.25) is 0 Å². The maximum Gasteiger partial charge on any atom is 0.412 e. The van der Waals surface area contributed by atoms with Crippen molar-refractivity contribution in [2.75, 3.05) is 7.05 Å². The standard InChI is InChI=1S/C16H25NO2/c1-15(2,3)11-9-8-10-12(16(4,5)6)13(11)19-14(18)17-7/h8-10H,1-7H3,(H,17,18). The molecule has 0 fully saturated rings. The van der Waals surface area contributed by atoms with Crippen LogP contribution in [0.5, 0.6) is 5.75 Å². The van der Waals surface area contributed by atoms with Crippen molar-refractivity contribution >= 4 is 6.09 Å². The minimum absolute atomic E-state index is 0.0788. The van der Waals surface area contributed by atoms with E-state index in [0.717, 1.165) is 11.1 Å². The Kier molecular flexibility index (Phi) is 4.28. The Balaban J connectivity index is 3.45. The molecule has 0 spiro atoms. The Morgan fingerprint density at radius 1 is 1.00 bits per heavy atom. The first kappa shape index (κ1) is 15.5. The zero-order valence-corrected chi connectivity index (χ0v) is 13.0. The van der Waals surface area contributed by atoms with Gasteiger partial charge in [-0.15, -0.1) is 0 Å². The molecule has 1 aromatic rings. The van der Waals surface area contributed by atoms with Crippen LogP contribution in [0.2, 0.25) is 0 Å². The molecule has 19 heavy (non-hydrogen) atoms. The Bertz CT molecular complexity index is 432. The Morgan fingerprint density at radius 2 is 1.42 bits per heavy atom. The molecule has 3 heteroatoms. The molecule has 1 amide bonds. The summed E-state index contributed by atoms with van der Waals surface area (Å²) < 4.78 is 5.53. The lowest BCUT2D eigenvalue weighted by Crippen LogP contribution is -2.26.